The first kappa shape index (κ1) is 20.3. The molecule has 28 heavy (non-hydrogen) atoms. The van der Waals surface area contributed by atoms with E-state index in [0.717, 1.165) is 50.7 Å². The lowest BCUT2D eigenvalue weighted by molar-refractivity contribution is 0.0526. The van der Waals surface area contributed by atoms with E-state index >= 15 is 0 Å². The van der Waals surface area contributed by atoms with Crippen molar-refractivity contribution in [2.75, 3.05) is 37.7 Å². The summed E-state index contributed by atoms with van der Waals surface area (Å²) in [5.41, 5.74) is 0.482. The Balaban J connectivity index is 1.54. The van der Waals surface area contributed by atoms with Gasteiger partial charge in [-0.05, 0) is 31.4 Å². The van der Waals surface area contributed by atoms with Gasteiger partial charge in [-0.2, -0.15) is 4.98 Å². The second-order valence-electron chi connectivity index (χ2n) is 7.44. The summed E-state index contributed by atoms with van der Waals surface area (Å²) in [6.07, 6.45) is 3.45. The van der Waals surface area contributed by atoms with Crippen LogP contribution in [0.3, 0.4) is 0 Å². The summed E-state index contributed by atoms with van der Waals surface area (Å²) < 4.78 is 10.4. The first-order valence-electron chi connectivity index (χ1n) is 9.97. The fraction of sp³-hybridized carbons (Fsp3) is 0.600. The summed E-state index contributed by atoms with van der Waals surface area (Å²) in [6, 6.07) is 3.66. The molecule has 0 amide bonds. The standard InChI is InChI=1S/C20H29N5O3/c1-4-27-20(26)16-6-7-18(21-13-16)25-9-5-8-24(10-11-25)14-19-22-17(23-28-19)12-15(2)3/h6-7,13,15H,4-5,8-12,14H2,1-3H3. The third-order valence-electron chi connectivity index (χ3n) is 4.63. The van der Waals surface area contributed by atoms with Crippen molar-refractivity contribution in [3.63, 3.8) is 0 Å². The van der Waals surface area contributed by atoms with Gasteiger partial charge in [0.1, 0.15) is 5.82 Å². The van der Waals surface area contributed by atoms with Crippen LogP contribution in [0.25, 0.3) is 0 Å². The lowest BCUT2D eigenvalue weighted by Crippen LogP contribution is -2.31. The fourth-order valence-corrected chi connectivity index (χ4v) is 3.26. The Morgan fingerprint density at radius 1 is 1.25 bits per heavy atom. The third kappa shape index (κ3) is 5.51. The van der Waals surface area contributed by atoms with Gasteiger partial charge >= 0.3 is 5.97 Å². The molecule has 0 saturated carbocycles. The molecule has 3 heterocycles. The number of pyridine rings is 1. The zero-order valence-corrected chi connectivity index (χ0v) is 16.9. The second kappa shape index (κ2) is 9.64. The minimum atomic E-state index is -0.333. The van der Waals surface area contributed by atoms with Crippen LogP contribution < -0.4 is 4.90 Å². The highest BCUT2D eigenvalue weighted by atomic mass is 16.5. The first-order chi connectivity index (χ1) is 13.5. The van der Waals surface area contributed by atoms with Crippen LogP contribution in [0.15, 0.2) is 22.9 Å². The molecule has 0 aromatic carbocycles. The van der Waals surface area contributed by atoms with E-state index in [1.54, 1.807) is 19.2 Å². The minimum Gasteiger partial charge on any atom is -0.462 e. The number of anilines is 1. The summed E-state index contributed by atoms with van der Waals surface area (Å²) in [5, 5.41) is 4.07. The molecule has 0 radical (unpaired) electrons. The van der Waals surface area contributed by atoms with Crippen molar-refractivity contribution < 1.29 is 14.1 Å². The van der Waals surface area contributed by atoms with Gasteiger partial charge < -0.3 is 14.2 Å². The monoisotopic (exact) mass is 387 g/mol. The molecular weight excluding hydrogens is 358 g/mol. The maximum atomic E-state index is 11.8. The molecule has 3 rings (SSSR count). The second-order valence-corrected chi connectivity index (χ2v) is 7.44. The van der Waals surface area contributed by atoms with Gasteiger partial charge in [0, 0.05) is 38.8 Å². The number of aromatic nitrogens is 3. The summed E-state index contributed by atoms with van der Waals surface area (Å²) in [5.74, 6) is 2.53. The quantitative estimate of drug-likeness (QED) is 0.670. The van der Waals surface area contributed by atoms with Crippen molar-refractivity contribution in [2.45, 2.75) is 40.2 Å². The summed E-state index contributed by atoms with van der Waals surface area (Å²) in [7, 11) is 0. The molecule has 1 aliphatic rings. The van der Waals surface area contributed by atoms with Crippen LogP contribution >= 0.6 is 0 Å². The van der Waals surface area contributed by atoms with E-state index in [-0.39, 0.29) is 5.97 Å². The average molecular weight is 387 g/mol. The number of rotatable bonds is 7. The topological polar surface area (TPSA) is 84.6 Å². The van der Waals surface area contributed by atoms with Crippen LogP contribution in [0.2, 0.25) is 0 Å². The smallest absolute Gasteiger partial charge is 0.339 e. The van der Waals surface area contributed by atoms with Crippen LogP contribution in [-0.2, 0) is 17.7 Å². The molecule has 1 aliphatic heterocycles. The molecule has 8 heteroatoms. The summed E-state index contributed by atoms with van der Waals surface area (Å²) in [6.45, 7) is 10.8. The summed E-state index contributed by atoms with van der Waals surface area (Å²) >= 11 is 0. The predicted octanol–water partition coefficient (Wildman–Crippen LogP) is 2.55. The Kier molecular flexibility index (Phi) is 6.97. The molecule has 0 spiro atoms. The van der Waals surface area contributed by atoms with Crippen LogP contribution in [0, 0.1) is 5.92 Å². The molecule has 2 aromatic rings. The molecule has 0 N–H and O–H groups in total. The van der Waals surface area contributed by atoms with E-state index in [2.05, 4.69) is 38.8 Å². The summed E-state index contributed by atoms with van der Waals surface area (Å²) in [4.78, 5) is 25.3. The molecule has 1 saturated heterocycles. The Hall–Kier alpha value is -2.48. The number of ether oxygens (including phenoxy) is 1. The van der Waals surface area contributed by atoms with Gasteiger partial charge in [0.05, 0.1) is 18.7 Å². The Morgan fingerprint density at radius 2 is 2.11 bits per heavy atom. The van der Waals surface area contributed by atoms with E-state index in [4.69, 9.17) is 9.26 Å². The average Bonchev–Trinajstić information content (AvgIpc) is 2.96. The Morgan fingerprint density at radius 3 is 2.82 bits per heavy atom. The Labute approximate surface area is 165 Å². The van der Waals surface area contributed by atoms with Crippen molar-refractivity contribution in [1.82, 2.24) is 20.0 Å². The van der Waals surface area contributed by atoms with Crippen molar-refractivity contribution in [3.8, 4) is 0 Å². The maximum Gasteiger partial charge on any atom is 0.339 e. The van der Waals surface area contributed by atoms with Gasteiger partial charge in [0.2, 0.25) is 5.89 Å². The molecule has 1 fully saturated rings. The van der Waals surface area contributed by atoms with E-state index in [9.17, 15) is 4.79 Å². The number of esters is 1. The molecule has 2 aromatic heterocycles. The van der Waals surface area contributed by atoms with E-state index in [1.807, 2.05) is 6.07 Å². The van der Waals surface area contributed by atoms with Crippen molar-refractivity contribution in [2.24, 2.45) is 5.92 Å². The normalized spacial score (nSPS) is 15.6. The highest BCUT2D eigenvalue weighted by Gasteiger charge is 2.19. The molecule has 0 bridgehead atoms. The van der Waals surface area contributed by atoms with Gasteiger partial charge in [0.15, 0.2) is 5.82 Å². The van der Waals surface area contributed by atoms with Crippen LogP contribution in [0.4, 0.5) is 5.82 Å². The van der Waals surface area contributed by atoms with Crippen molar-refractivity contribution >= 4 is 11.8 Å². The lowest BCUT2D eigenvalue weighted by atomic mass is 10.1. The van der Waals surface area contributed by atoms with Gasteiger partial charge in [-0.25, -0.2) is 9.78 Å². The van der Waals surface area contributed by atoms with Crippen LogP contribution in [0.1, 0.15) is 49.3 Å². The zero-order valence-electron chi connectivity index (χ0n) is 16.9. The SMILES string of the molecule is CCOC(=O)c1ccc(N2CCCN(Cc3nc(CC(C)C)no3)CC2)nc1. The molecule has 0 atom stereocenters. The Bertz CT molecular complexity index is 759. The van der Waals surface area contributed by atoms with Gasteiger partial charge in [0.25, 0.3) is 0 Å². The number of hydrogen-bond donors (Lipinski definition) is 0. The molecule has 0 aliphatic carbocycles. The number of hydrogen-bond acceptors (Lipinski definition) is 8. The lowest BCUT2D eigenvalue weighted by Gasteiger charge is -2.22. The predicted molar refractivity (Wildman–Crippen MR) is 105 cm³/mol. The largest absolute Gasteiger partial charge is 0.462 e. The van der Waals surface area contributed by atoms with Gasteiger partial charge in [-0.3, -0.25) is 4.90 Å². The highest BCUT2D eigenvalue weighted by Crippen LogP contribution is 2.16. The maximum absolute atomic E-state index is 11.8. The zero-order chi connectivity index (χ0) is 19.9. The number of carbonyl (C=O) groups is 1. The molecule has 152 valence electrons. The van der Waals surface area contributed by atoms with Gasteiger partial charge in [-0.1, -0.05) is 19.0 Å². The highest BCUT2D eigenvalue weighted by molar-refractivity contribution is 5.89. The molecule has 0 unspecified atom stereocenters. The fourth-order valence-electron chi connectivity index (χ4n) is 3.26. The minimum absolute atomic E-state index is 0.333. The van der Waals surface area contributed by atoms with Crippen LogP contribution in [-0.4, -0.2) is 58.8 Å². The number of nitrogens with zero attached hydrogens (tertiary/aromatic N) is 5. The van der Waals surface area contributed by atoms with Crippen molar-refractivity contribution in [1.29, 1.82) is 0 Å². The third-order valence-corrected chi connectivity index (χ3v) is 4.63. The first-order valence-corrected chi connectivity index (χ1v) is 9.97. The van der Waals surface area contributed by atoms with Crippen LogP contribution in [0.5, 0.6) is 0 Å². The number of carbonyl (C=O) groups excluding carboxylic acids is 1. The van der Waals surface area contributed by atoms with E-state index in [0.29, 0.717) is 30.5 Å². The van der Waals surface area contributed by atoms with Crippen molar-refractivity contribution in [3.05, 3.63) is 35.6 Å². The van der Waals surface area contributed by atoms with Gasteiger partial charge in [-0.15, -0.1) is 0 Å². The molecule has 8 nitrogen and oxygen atoms in total. The van der Waals surface area contributed by atoms with E-state index in [1.165, 1.54) is 0 Å². The van der Waals surface area contributed by atoms with E-state index < -0.39 is 0 Å². The molecular formula is C20H29N5O3.